The summed E-state index contributed by atoms with van der Waals surface area (Å²) in [6, 6.07) is 11.5. The van der Waals surface area contributed by atoms with Gasteiger partial charge in [0.05, 0.1) is 6.54 Å². The van der Waals surface area contributed by atoms with Crippen molar-refractivity contribution in [3.63, 3.8) is 0 Å². The number of benzene rings is 2. The molecule has 0 radical (unpaired) electrons. The van der Waals surface area contributed by atoms with Crippen molar-refractivity contribution in [1.29, 1.82) is 0 Å². The highest BCUT2D eigenvalue weighted by Gasteiger charge is 2.06. The van der Waals surface area contributed by atoms with E-state index in [4.69, 9.17) is 0 Å². The number of carbonyl (C=O) groups excluding carboxylic acids is 2. The smallest absolute Gasteiger partial charge is 0.243 e. The molecule has 0 atom stereocenters. The number of rotatable bonds is 5. The maximum absolute atomic E-state index is 12.1. The molecule has 0 fully saturated rings. The second-order valence-electron chi connectivity index (χ2n) is 5.93. The van der Waals surface area contributed by atoms with Gasteiger partial charge in [0.15, 0.2) is 0 Å². The van der Waals surface area contributed by atoms with E-state index in [0.29, 0.717) is 0 Å². The van der Waals surface area contributed by atoms with Crippen LogP contribution in [-0.2, 0) is 9.59 Å². The topological polar surface area (TPSA) is 70.2 Å². The molecule has 5 heteroatoms. The number of nitrogens with one attached hydrogen (secondary N) is 3. The molecular formula is C19H23N3O2. The summed E-state index contributed by atoms with van der Waals surface area (Å²) in [7, 11) is 0. The van der Waals surface area contributed by atoms with Gasteiger partial charge in [-0.3, -0.25) is 9.59 Å². The van der Waals surface area contributed by atoms with Gasteiger partial charge < -0.3 is 16.0 Å². The number of anilines is 3. The van der Waals surface area contributed by atoms with Crippen molar-refractivity contribution in [3.8, 4) is 0 Å². The van der Waals surface area contributed by atoms with E-state index in [1.54, 1.807) is 0 Å². The average Bonchev–Trinajstić information content (AvgIpc) is 2.50. The number of amides is 2. The van der Waals surface area contributed by atoms with Crippen LogP contribution >= 0.6 is 0 Å². The molecule has 3 N–H and O–H groups in total. The summed E-state index contributed by atoms with van der Waals surface area (Å²) in [5.41, 5.74) is 5.49. The molecule has 0 saturated carbocycles. The molecule has 2 amide bonds. The van der Waals surface area contributed by atoms with E-state index in [1.807, 2.05) is 57.2 Å². The van der Waals surface area contributed by atoms with Crippen molar-refractivity contribution in [2.24, 2.45) is 0 Å². The molecule has 2 rings (SSSR count). The molecule has 0 spiro atoms. The third-order valence-corrected chi connectivity index (χ3v) is 3.66. The summed E-state index contributed by atoms with van der Waals surface area (Å²) in [5, 5.41) is 8.74. The van der Waals surface area contributed by atoms with Crippen LogP contribution in [0.3, 0.4) is 0 Å². The molecular weight excluding hydrogens is 302 g/mol. The zero-order valence-corrected chi connectivity index (χ0v) is 14.5. The van der Waals surface area contributed by atoms with E-state index in [9.17, 15) is 9.59 Å². The van der Waals surface area contributed by atoms with Gasteiger partial charge in [-0.15, -0.1) is 0 Å². The van der Waals surface area contributed by atoms with Crippen LogP contribution in [0, 0.1) is 20.8 Å². The van der Waals surface area contributed by atoms with Crippen molar-refractivity contribution in [1.82, 2.24) is 0 Å². The van der Waals surface area contributed by atoms with Gasteiger partial charge in [-0.2, -0.15) is 0 Å². The monoisotopic (exact) mass is 325 g/mol. The molecule has 0 heterocycles. The normalized spacial score (nSPS) is 10.2. The maximum atomic E-state index is 12.1. The first-order chi connectivity index (χ1) is 11.3. The minimum atomic E-state index is -0.122. The van der Waals surface area contributed by atoms with Gasteiger partial charge in [-0.1, -0.05) is 23.8 Å². The van der Waals surface area contributed by atoms with Crippen molar-refractivity contribution in [2.45, 2.75) is 27.7 Å². The van der Waals surface area contributed by atoms with Gasteiger partial charge in [0.2, 0.25) is 11.8 Å². The summed E-state index contributed by atoms with van der Waals surface area (Å²) < 4.78 is 0. The van der Waals surface area contributed by atoms with Crippen molar-refractivity contribution >= 4 is 28.9 Å². The molecule has 0 saturated heterocycles. The molecule has 2 aromatic carbocycles. The fraction of sp³-hybridized carbons (Fsp3) is 0.263. The lowest BCUT2D eigenvalue weighted by Gasteiger charge is -2.12. The summed E-state index contributed by atoms with van der Waals surface area (Å²) >= 11 is 0. The molecule has 2 aromatic rings. The van der Waals surface area contributed by atoms with Gasteiger partial charge in [-0.05, 0) is 50.1 Å². The number of aryl methyl sites for hydroxylation is 3. The molecule has 0 unspecified atom stereocenters. The van der Waals surface area contributed by atoms with Crippen molar-refractivity contribution < 1.29 is 9.59 Å². The first-order valence-corrected chi connectivity index (χ1v) is 7.84. The molecule has 126 valence electrons. The Kier molecular flexibility index (Phi) is 5.58. The molecule has 0 aliphatic carbocycles. The van der Waals surface area contributed by atoms with E-state index in [-0.39, 0.29) is 18.4 Å². The number of hydrogen-bond acceptors (Lipinski definition) is 3. The Labute approximate surface area is 142 Å². The number of carbonyl (C=O) groups is 2. The maximum Gasteiger partial charge on any atom is 0.243 e. The van der Waals surface area contributed by atoms with E-state index in [1.165, 1.54) is 6.92 Å². The minimum absolute atomic E-state index is 0.122. The van der Waals surface area contributed by atoms with Gasteiger partial charge in [0.25, 0.3) is 0 Å². The second-order valence-corrected chi connectivity index (χ2v) is 5.93. The van der Waals surface area contributed by atoms with Crippen LogP contribution in [0.4, 0.5) is 17.1 Å². The van der Waals surface area contributed by atoms with E-state index < -0.39 is 0 Å². The van der Waals surface area contributed by atoms with Crippen molar-refractivity contribution in [2.75, 3.05) is 22.5 Å². The Bertz CT molecular complexity index is 769. The van der Waals surface area contributed by atoms with Gasteiger partial charge in [-0.25, -0.2) is 0 Å². The molecule has 0 bridgehead atoms. The lowest BCUT2D eigenvalue weighted by atomic mass is 10.1. The Balaban J connectivity index is 1.97. The zero-order chi connectivity index (χ0) is 17.7. The molecule has 5 nitrogen and oxygen atoms in total. The predicted molar refractivity (Wildman–Crippen MR) is 98.5 cm³/mol. The average molecular weight is 325 g/mol. The van der Waals surface area contributed by atoms with Crippen LogP contribution < -0.4 is 16.0 Å². The first kappa shape index (κ1) is 17.5. The SMILES string of the molecule is CC(=O)Nc1cc(NCC(=O)Nc2ccc(C)cc2C)ccc1C. The second kappa shape index (κ2) is 7.64. The highest BCUT2D eigenvalue weighted by atomic mass is 16.2. The van der Waals surface area contributed by atoms with Crippen LogP contribution in [-0.4, -0.2) is 18.4 Å². The fourth-order valence-electron chi connectivity index (χ4n) is 2.39. The van der Waals surface area contributed by atoms with Gasteiger partial charge >= 0.3 is 0 Å². The summed E-state index contributed by atoms with van der Waals surface area (Å²) in [4.78, 5) is 23.3. The lowest BCUT2D eigenvalue weighted by Crippen LogP contribution is -2.22. The largest absolute Gasteiger partial charge is 0.376 e. The minimum Gasteiger partial charge on any atom is -0.376 e. The fourth-order valence-corrected chi connectivity index (χ4v) is 2.39. The Hall–Kier alpha value is -2.82. The van der Waals surface area contributed by atoms with Crippen LogP contribution in [0.2, 0.25) is 0 Å². The predicted octanol–water partition coefficient (Wildman–Crippen LogP) is 3.62. The number of hydrogen-bond donors (Lipinski definition) is 3. The third kappa shape index (κ3) is 4.84. The zero-order valence-electron chi connectivity index (χ0n) is 14.5. The van der Waals surface area contributed by atoms with E-state index in [2.05, 4.69) is 16.0 Å². The van der Waals surface area contributed by atoms with Crippen LogP contribution in [0.25, 0.3) is 0 Å². The molecule has 0 aromatic heterocycles. The molecule has 0 aliphatic heterocycles. The first-order valence-electron chi connectivity index (χ1n) is 7.84. The third-order valence-electron chi connectivity index (χ3n) is 3.66. The highest BCUT2D eigenvalue weighted by molar-refractivity contribution is 5.95. The Morgan fingerprint density at radius 1 is 0.875 bits per heavy atom. The van der Waals surface area contributed by atoms with Gasteiger partial charge in [0, 0.05) is 24.0 Å². The molecule has 24 heavy (non-hydrogen) atoms. The van der Waals surface area contributed by atoms with Gasteiger partial charge in [0.1, 0.15) is 0 Å². The Morgan fingerprint density at radius 3 is 2.29 bits per heavy atom. The Morgan fingerprint density at radius 2 is 1.62 bits per heavy atom. The van der Waals surface area contributed by atoms with Crippen LogP contribution in [0.15, 0.2) is 36.4 Å². The van der Waals surface area contributed by atoms with E-state index in [0.717, 1.165) is 33.8 Å². The molecule has 0 aliphatic rings. The summed E-state index contributed by atoms with van der Waals surface area (Å²) in [6.45, 7) is 7.52. The van der Waals surface area contributed by atoms with Crippen LogP contribution in [0.5, 0.6) is 0 Å². The highest BCUT2D eigenvalue weighted by Crippen LogP contribution is 2.20. The lowest BCUT2D eigenvalue weighted by molar-refractivity contribution is -0.115. The standard InChI is InChI=1S/C19H23N3O2/c1-12-5-8-17(14(3)9-12)22-19(24)11-20-16-7-6-13(2)18(10-16)21-15(4)23/h5-10,20H,11H2,1-4H3,(H,21,23)(H,22,24). The summed E-state index contributed by atoms with van der Waals surface area (Å²) in [6.07, 6.45) is 0. The quantitative estimate of drug-likeness (QED) is 0.786. The van der Waals surface area contributed by atoms with E-state index >= 15 is 0 Å². The van der Waals surface area contributed by atoms with Crippen LogP contribution in [0.1, 0.15) is 23.6 Å². The van der Waals surface area contributed by atoms with Crippen molar-refractivity contribution in [3.05, 3.63) is 53.1 Å². The summed E-state index contributed by atoms with van der Waals surface area (Å²) in [5.74, 6) is -0.244.